The molecule has 0 radical (unpaired) electrons. The van der Waals surface area contributed by atoms with Crippen LogP contribution in [0.3, 0.4) is 0 Å². The number of amides is 2. The number of phenols is 1. The highest BCUT2D eigenvalue weighted by Crippen LogP contribution is 2.34. The Labute approximate surface area is 128 Å². The van der Waals surface area contributed by atoms with E-state index in [1.807, 2.05) is 30.3 Å². The topological polar surface area (TPSA) is 61.8 Å². The van der Waals surface area contributed by atoms with Crippen LogP contribution < -0.4 is 15.0 Å². The fourth-order valence-electron chi connectivity index (χ4n) is 2.44. The zero-order chi connectivity index (χ0) is 15.5. The molecule has 0 unspecified atom stereocenters. The van der Waals surface area contributed by atoms with Gasteiger partial charge in [0.1, 0.15) is 11.5 Å². The number of phenolic OH excluding ortho intramolecular Hbond substituents is 1. The third-order valence-electron chi connectivity index (χ3n) is 3.48. The van der Waals surface area contributed by atoms with Crippen molar-refractivity contribution in [2.75, 3.05) is 18.6 Å². The van der Waals surface area contributed by atoms with Crippen LogP contribution in [0.25, 0.3) is 5.70 Å². The van der Waals surface area contributed by atoms with Crippen molar-refractivity contribution in [1.29, 1.82) is 0 Å². The van der Waals surface area contributed by atoms with Gasteiger partial charge in [-0.1, -0.05) is 24.3 Å². The third-order valence-corrected chi connectivity index (χ3v) is 3.48. The van der Waals surface area contributed by atoms with Gasteiger partial charge in [0.15, 0.2) is 0 Å². The second-order valence-electron chi connectivity index (χ2n) is 4.83. The molecule has 0 bridgehead atoms. The molecule has 2 aromatic carbocycles. The Hall–Kier alpha value is -2.95. The minimum Gasteiger partial charge on any atom is -0.506 e. The molecule has 0 fully saturated rings. The zero-order valence-electron chi connectivity index (χ0n) is 12.1. The first-order valence-electron chi connectivity index (χ1n) is 6.91. The van der Waals surface area contributed by atoms with Crippen molar-refractivity contribution in [1.82, 2.24) is 5.32 Å². The van der Waals surface area contributed by atoms with Crippen LogP contribution >= 0.6 is 0 Å². The minimum atomic E-state index is -0.276. The van der Waals surface area contributed by atoms with Crippen molar-refractivity contribution in [2.45, 2.75) is 0 Å². The number of hydrogen-bond acceptors (Lipinski definition) is 3. The standard InChI is InChI=1S/C17H16N2O3/c1-22-13-6-4-5-12(11-13)14-9-10-18-17(21)19(14)15-7-2-3-8-16(15)20/h2-9,11,20H,10H2,1H3,(H,18,21). The number of ether oxygens (including phenoxy) is 1. The van der Waals surface area contributed by atoms with Gasteiger partial charge in [0.25, 0.3) is 0 Å². The van der Waals surface area contributed by atoms with E-state index in [9.17, 15) is 9.90 Å². The summed E-state index contributed by atoms with van der Waals surface area (Å²) >= 11 is 0. The number of nitrogens with zero attached hydrogens (tertiary/aromatic N) is 1. The fourth-order valence-corrected chi connectivity index (χ4v) is 2.44. The molecule has 1 aliphatic heterocycles. The number of benzene rings is 2. The lowest BCUT2D eigenvalue weighted by Crippen LogP contribution is -2.42. The first-order chi connectivity index (χ1) is 10.7. The molecule has 0 aromatic heterocycles. The molecule has 5 nitrogen and oxygen atoms in total. The maximum atomic E-state index is 12.3. The predicted molar refractivity (Wildman–Crippen MR) is 85.0 cm³/mol. The quantitative estimate of drug-likeness (QED) is 0.915. The van der Waals surface area contributed by atoms with Crippen molar-refractivity contribution in [2.24, 2.45) is 0 Å². The smallest absolute Gasteiger partial charge is 0.326 e. The molecule has 112 valence electrons. The van der Waals surface area contributed by atoms with E-state index in [4.69, 9.17) is 4.74 Å². The van der Waals surface area contributed by atoms with Crippen molar-refractivity contribution >= 4 is 17.4 Å². The first-order valence-corrected chi connectivity index (χ1v) is 6.91. The third kappa shape index (κ3) is 2.48. The molecule has 1 aliphatic rings. The van der Waals surface area contributed by atoms with Crippen LogP contribution in [0.5, 0.6) is 11.5 Å². The molecule has 22 heavy (non-hydrogen) atoms. The number of nitrogens with one attached hydrogen (secondary N) is 1. The Balaban J connectivity index is 2.09. The molecule has 0 atom stereocenters. The number of methoxy groups -OCH3 is 1. The monoisotopic (exact) mass is 296 g/mol. The van der Waals surface area contributed by atoms with Gasteiger partial charge in [0.2, 0.25) is 0 Å². The average molecular weight is 296 g/mol. The highest BCUT2D eigenvalue weighted by Gasteiger charge is 2.26. The summed E-state index contributed by atoms with van der Waals surface area (Å²) in [6, 6.07) is 13.9. The Morgan fingerprint density at radius 3 is 2.77 bits per heavy atom. The Kier molecular flexibility index (Phi) is 3.70. The van der Waals surface area contributed by atoms with Gasteiger partial charge in [0.05, 0.1) is 18.5 Å². The van der Waals surface area contributed by atoms with E-state index in [-0.39, 0.29) is 11.8 Å². The van der Waals surface area contributed by atoms with E-state index < -0.39 is 0 Å². The number of urea groups is 1. The Bertz CT molecular complexity index is 740. The second kappa shape index (κ2) is 5.81. The molecule has 2 N–H and O–H groups in total. The number of aromatic hydroxyl groups is 1. The Morgan fingerprint density at radius 2 is 2.00 bits per heavy atom. The maximum absolute atomic E-state index is 12.3. The number of carbonyl (C=O) groups excluding carboxylic acids is 1. The lowest BCUT2D eigenvalue weighted by Gasteiger charge is -2.30. The van der Waals surface area contributed by atoms with E-state index in [0.29, 0.717) is 23.7 Å². The average Bonchev–Trinajstić information content (AvgIpc) is 2.55. The van der Waals surface area contributed by atoms with Gasteiger partial charge >= 0.3 is 6.03 Å². The van der Waals surface area contributed by atoms with E-state index >= 15 is 0 Å². The number of para-hydroxylation sites is 2. The van der Waals surface area contributed by atoms with Crippen molar-refractivity contribution in [3.8, 4) is 11.5 Å². The van der Waals surface area contributed by atoms with E-state index in [0.717, 1.165) is 5.56 Å². The van der Waals surface area contributed by atoms with Crippen molar-refractivity contribution < 1.29 is 14.6 Å². The molecule has 0 spiro atoms. The number of hydrogen-bond donors (Lipinski definition) is 2. The Morgan fingerprint density at radius 1 is 1.18 bits per heavy atom. The largest absolute Gasteiger partial charge is 0.506 e. The van der Waals surface area contributed by atoms with Gasteiger partial charge in [0, 0.05) is 12.1 Å². The van der Waals surface area contributed by atoms with Gasteiger partial charge in [-0.3, -0.25) is 4.90 Å². The second-order valence-corrected chi connectivity index (χ2v) is 4.83. The van der Waals surface area contributed by atoms with Gasteiger partial charge in [-0.2, -0.15) is 0 Å². The maximum Gasteiger partial charge on any atom is 0.326 e. The van der Waals surface area contributed by atoms with Crippen LogP contribution in [0.2, 0.25) is 0 Å². The first kappa shape index (κ1) is 14.0. The van der Waals surface area contributed by atoms with Gasteiger partial charge in [-0.25, -0.2) is 4.79 Å². The molecule has 2 aromatic rings. The predicted octanol–water partition coefficient (Wildman–Crippen LogP) is 2.97. The summed E-state index contributed by atoms with van der Waals surface area (Å²) in [5, 5.41) is 12.8. The highest BCUT2D eigenvalue weighted by atomic mass is 16.5. The van der Waals surface area contributed by atoms with Crippen molar-refractivity contribution in [3.05, 3.63) is 60.2 Å². The van der Waals surface area contributed by atoms with Gasteiger partial charge in [-0.05, 0) is 30.3 Å². The summed E-state index contributed by atoms with van der Waals surface area (Å²) in [7, 11) is 1.60. The van der Waals surface area contributed by atoms with Crippen LogP contribution in [-0.4, -0.2) is 24.8 Å². The molecule has 5 heteroatoms. The van der Waals surface area contributed by atoms with Crippen LogP contribution in [0.15, 0.2) is 54.6 Å². The van der Waals surface area contributed by atoms with Crippen LogP contribution in [-0.2, 0) is 0 Å². The van der Waals surface area contributed by atoms with Gasteiger partial charge < -0.3 is 15.2 Å². The molecular formula is C17H16N2O3. The van der Waals surface area contributed by atoms with Crippen molar-refractivity contribution in [3.63, 3.8) is 0 Å². The van der Waals surface area contributed by atoms with Crippen LogP contribution in [0, 0.1) is 0 Å². The summed E-state index contributed by atoms with van der Waals surface area (Å²) in [4.78, 5) is 13.8. The zero-order valence-corrected chi connectivity index (χ0v) is 12.1. The van der Waals surface area contributed by atoms with Crippen LogP contribution in [0.4, 0.5) is 10.5 Å². The molecular weight excluding hydrogens is 280 g/mol. The summed E-state index contributed by atoms with van der Waals surface area (Å²) < 4.78 is 5.24. The van der Waals surface area contributed by atoms with Crippen LogP contribution in [0.1, 0.15) is 5.56 Å². The molecule has 1 heterocycles. The van der Waals surface area contributed by atoms with Gasteiger partial charge in [-0.15, -0.1) is 0 Å². The summed E-state index contributed by atoms with van der Waals surface area (Å²) in [6.07, 6.45) is 1.91. The highest BCUT2D eigenvalue weighted by molar-refractivity contribution is 6.07. The van der Waals surface area contributed by atoms with E-state index in [2.05, 4.69) is 5.32 Å². The minimum absolute atomic E-state index is 0.0494. The summed E-state index contributed by atoms with van der Waals surface area (Å²) in [5.41, 5.74) is 2.00. The lowest BCUT2D eigenvalue weighted by molar-refractivity contribution is 0.248. The molecule has 0 aliphatic carbocycles. The summed E-state index contributed by atoms with van der Waals surface area (Å²) in [5.74, 6) is 0.759. The molecule has 0 saturated carbocycles. The molecule has 0 saturated heterocycles. The molecule has 3 rings (SSSR count). The SMILES string of the molecule is COc1cccc(C2=CCNC(=O)N2c2ccccc2O)c1. The number of anilines is 1. The number of rotatable bonds is 3. The summed E-state index contributed by atoms with van der Waals surface area (Å²) in [6.45, 7) is 0.440. The van der Waals surface area contributed by atoms with E-state index in [1.54, 1.807) is 31.4 Å². The fraction of sp³-hybridized carbons (Fsp3) is 0.118. The molecule has 2 amide bonds. The normalized spacial score (nSPS) is 14.3. The number of carbonyl (C=O) groups is 1. The lowest BCUT2D eigenvalue weighted by atomic mass is 10.1. The van der Waals surface area contributed by atoms with E-state index in [1.165, 1.54) is 4.90 Å².